The van der Waals surface area contributed by atoms with Crippen molar-refractivity contribution >= 4 is 9.84 Å². The van der Waals surface area contributed by atoms with Gasteiger partial charge in [0.25, 0.3) is 0 Å². The lowest BCUT2D eigenvalue weighted by Crippen LogP contribution is -2.31. The summed E-state index contributed by atoms with van der Waals surface area (Å²) in [6.45, 7) is 3.52. The molecule has 0 spiro atoms. The lowest BCUT2D eigenvalue weighted by Gasteiger charge is -2.23. The van der Waals surface area contributed by atoms with Crippen LogP contribution >= 0.6 is 0 Å². The number of hydrogen-bond acceptors (Lipinski definition) is 3. The molecular formula is C14H20FNO2S. The summed E-state index contributed by atoms with van der Waals surface area (Å²) in [5, 5.41) is 3.29. The van der Waals surface area contributed by atoms with Crippen molar-refractivity contribution in [3.05, 3.63) is 29.1 Å². The number of sulfone groups is 1. The van der Waals surface area contributed by atoms with Gasteiger partial charge in [-0.3, -0.25) is 0 Å². The van der Waals surface area contributed by atoms with Crippen LogP contribution in [-0.2, 0) is 16.3 Å². The molecule has 1 unspecified atom stereocenters. The predicted octanol–water partition coefficient (Wildman–Crippen LogP) is 2.08. The summed E-state index contributed by atoms with van der Waals surface area (Å²) in [4.78, 5) is 0.243. The van der Waals surface area contributed by atoms with Gasteiger partial charge in [-0.1, -0.05) is 0 Å². The van der Waals surface area contributed by atoms with Crippen molar-refractivity contribution in [3.63, 3.8) is 0 Å². The van der Waals surface area contributed by atoms with E-state index >= 15 is 0 Å². The molecule has 0 bridgehead atoms. The minimum absolute atomic E-state index is 0.243. The van der Waals surface area contributed by atoms with Gasteiger partial charge in [0.05, 0.1) is 4.90 Å². The van der Waals surface area contributed by atoms with E-state index < -0.39 is 9.84 Å². The summed E-state index contributed by atoms with van der Waals surface area (Å²) in [6, 6.07) is 2.84. The Morgan fingerprint density at radius 1 is 1.42 bits per heavy atom. The molecule has 2 rings (SSSR count). The van der Waals surface area contributed by atoms with Crippen molar-refractivity contribution < 1.29 is 12.8 Å². The van der Waals surface area contributed by atoms with Gasteiger partial charge < -0.3 is 5.32 Å². The Hall–Kier alpha value is -0.940. The van der Waals surface area contributed by atoms with Crippen LogP contribution in [0.4, 0.5) is 4.39 Å². The van der Waals surface area contributed by atoms with Gasteiger partial charge >= 0.3 is 0 Å². The summed E-state index contributed by atoms with van der Waals surface area (Å²) < 4.78 is 37.3. The van der Waals surface area contributed by atoms with E-state index in [1.54, 1.807) is 6.92 Å². The molecule has 0 radical (unpaired) electrons. The van der Waals surface area contributed by atoms with Gasteiger partial charge in [0.15, 0.2) is 9.84 Å². The molecule has 1 saturated heterocycles. The van der Waals surface area contributed by atoms with Gasteiger partial charge in [-0.25, -0.2) is 12.8 Å². The molecule has 0 amide bonds. The van der Waals surface area contributed by atoms with Crippen LogP contribution in [0.3, 0.4) is 0 Å². The van der Waals surface area contributed by atoms with Crippen molar-refractivity contribution in [3.8, 4) is 0 Å². The fraction of sp³-hybridized carbons (Fsp3) is 0.571. The highest BCUT2D eigenvalue weighted by Crippen LogP contribution is 2.24. The molecular weight excluding hydrogens is 265 g/mol. The lowest BCUT2D eigenvalue weighted by atomic mass is 9.92. The van der Waals surface area contributed by atoms with Gasteiger partial charge in [0.2, 0.25) is 0 Å². The smallest absolute Gasteiger partial charge is 0.175 e. The number of hydrogen-bond donors (Lipinski definition) is 1. The Labute approximate surface area is 114 Å². The molecule has 1 aliphatic rings. The first-order chi connectivity index (χ1) is 8.88. The van der Waals surface area contributed by atoms with Crippen molar-refractivity contribution in [2.45, 2.75) is 31.1 Å². The molecule has 1 N–H and O–H groups in total. The van der Waals surface area contributed by atoms with Crippen molar-refractivity contribution in [2.24, 2.45) is 5.92 Å². The van der Waals surface area contributed by atoms with Crippen molar-refractivity contribution in [1.82, 2.24) is 5.32 Å². The van der Waals surface area contributed by atoms with Gasteiger partial charge in [-0.2, -0.15) is 0 Å². The van der Waals surface area contributed by atoms with E-state index in [0.29, 0.717) is 23.5 Å². The zero-order chi connectivity index (χ0) is 14.0. The fourth-order valence-electron chi connectivity index (χ4n) is 2.66. The zero-order valence-corrected chi connectivity index (χ0v) is 12.2. The highest BCUT2D eigenvalue weighted by atomic mass is 32.2. The van der Waals surface area contributed by atoms with E-state index in [-0.39, 0.29) is 10.7 Å². The SMILES string of the molecule is Cc1cc(F)c(CC2CCCNC2)cc1S(C)(=O)=O. The number of rotatable bonds is 3. The molecule has 1 aromatic rings. The molecule has 1 atom stereocenters. The summed E-state index contributed by atoms with van der Waals surface area (Å²) in [5.74, 6) is 0.0915. The van der Waals surface area contributed by atoms with Crippen LogP contribution in [-0.4, -0.2) is 27.8 Å². The molecule has 19 heavy (non-hydrogen) atoms. The van der Waals surface area contributed by atoms with Crippen LogP contribution in [0.15, 0.2) is 17.0 Å². The lowest BCUT2D eigenvalue weighted by molar-refractivity contribution is 0.371. The van der Waals surface area contributed by atoms with Crippen LogP contribution < -0.4 is 5.32 Å². The zero-order valence-electron chi connectivity index (χ0n) is 11.4. The van der Waals surface area contributed by atoms with Gasteiger partial charge in [-0.15, -0.1) is 0 Å². The second-order valence-corrected chi connectivity index (χ2v) is 7.38. The van der Waals surface area contributed by atoms with Gasteiger partial charge in [0.1, 0.15) is 5.82 Å². The third-order valence-electron chi connectivity index (χ3n) is 3.65. The molecule has 0 aliphatic carbocycles. The number of aryl methyl sites for hydroxylation is 1. The van der Waals surface area contributed by atoms with E-state index in [1.165, 1.54) is 18.4 Å². The molecule has 3 nitrogen and oxygen atoms in total. The third kappa shape index (κ3) is 3.54. The van der Waals surface area contributed by atoms with Gasteiger partial charge in [0, 0.05) is 6.26 Å². The average molecular weight is 285 g/mol. The Balaban J connectivity index is 2.29. The first kappa shape index (κ1) is 14.5. The summed E-state index contributed by atoms with van der Waals surface area (Å²) in [5.41, 5.74) is 0.991. The summed E-state index contributed by atoms with van der Waals surface area (Å²) in [7, 11) is -3.30. The van der Waals surface area contributed by atoms with Crippen LogP contribution in [0.5, 0.6) is 0 Å². The topological polar surface area (TPSA) is 46.2 Å². The molecule has 0 saturated carbocycles. The minimum Gasteiger partial charge on any atom is -0.316 e. The molecule has 0 aromatic heterocycles. The summed E-state index contributed by atoms with van der Waals surface area (Å²) in [6.07, 6.45) is 3.92. The second-order valence-electron chi connectivity index (χ2n) is 5.40. The first-order valence-electron chi connectivity index (χ1n) is 6.57. The largest absolute Gasteiger partial charge is 0.316 e. The normalized spacial score (nSPS) is 20.5. The Kier molecular flexibility index (Phi) is 4.26. The van der Waals surface area contributed by atoms with Crippen LogP contribution in [0.25, 0.3) is 0 Å². The number of halogens is 1. The average Bonchev–Trinajstić information content (AvgIpc) is 2.32. The Morgan fingerprint density at radius 2 is 2.16 bits per heavy atom. The maximum absolute atomic E-state index is 14.0. The molecule has 1 heterocycles. The number of nitrogens with one attached hydrogen (secondary N) is 1. The van der Waals surface area contributed by atoms with Gasteiger partial charge in [-0.05, 0) is 68.5 Å². The summed E-state index contributed by atoms with van der Waals surface area (Å²) >= 11 is 0. The molecule has 1 fully saturated rings. The standard InChI is InChI=1S/C14H20FNO2S/c1-10-6-13(15)12(8-14(10)19(2,17)18)7-11-4-3-5-16-9-11/h6,8,11,16H,3-5,7,9H2,1-2H3. The minimum atomic E-state index is -3.30. The van der Waals surface area contributed by atoms with E-state index in [9.17, 15) is 12.8 Å². The van der Waals surface area contributed by atoms with Crippen molar-refractivity contribution in [2.75, 3.05) is 19.3 Å². The van der Waals surface area contributed by atoms with Crippen LogP contribution in [0, 0.1) is 18.7 Å². The molecule has 106 valence electrons. The predicted molar refractivity (Wildman–Crippen MR) is 73.5 cm³/mol. The highest BCUT2D eigenvalue weighted by Gasteiger charge is 2.19. The van der Waals surface area contributed by atoms with Crippen LogP contribution in [0.2, 0.25) is 0 Å². The fourth-order valence-corrected chi connectivity index (χ4v) is 3.66. The van der Waals surface area contributed by atoms with Crippen LogP contribution in [0.1, 0.15) is 24.0 Å². The number of benzene rings is 1. The molecule has 5 heteroatoms. The maximum Gasteiger partial charge on any atom is 0.175 e. The van der Waals surface area contributed by atoms with Crippen molar-refractivity contribution in [1.29, 1.82) is 0 Å². The van der Waals surface area contributed by atoms with E-state index in [1.807, 2.05) is 0 Å². The Bertz CT molecular complexity index is 563. The number of piperidine rings is 1. The maximum atomic E-state index is 14.0. The highest BCUT2D eigenvalue weighted by molar-refractivity contribution is 7.90. The third-order valence-corrected chi connectivity index (χ3v) is 4.89. The van der Waals surface area contributed by atoms with E-state index in [2.05, 4.69) is 5.32 Å². The monoisotopic (exact) mass is 285 g/mol. The van der Waals surface area contributed by atoms with E-state index in [4.69, 9.17) is 0 Å². The van der Waals surface area contributed by atoms with E-state index in [0.717, 1.165) is 25.9 Å². The Morgan fingerprint density at radius 3 is 2.74 bits per heavy atom. The molecule has 1 aliphatic heterocycles. The quantitative estimate of drug-likeness (QED) is 0.865. The first-order valence-corrected chi connectivity index (χ1v) is 8.47. The second kappa shape index (κ2) is 5.59. The molecule has 1 aromatic carbocycles.